The Labute approximate surface area is 115 Å². The lowest BCUT2D eigenvalue weighted by atomic mass is 10.0. The second-order valence-electron chi connectivity index (χ2n) is 4.49. The lowest BCUT2D eigenvalue weighted by molar-refractivity contribution is 0.0866. The van der Waals surface area contributed by atoms with Gasteiger partial charge in [0.15, 0.2) is 0 Å². The Hall–Kier alpha value is -1.69. The smallest absolute Gasteiger partial charge is 0.250 e. The van der Waals surface area contributed by atoms with E-state index in [2.05, 4.69) is 15.8 Å². The molecule has 0 amide bonds. The average Bonchev–Trinajstić information content (AvgIpc) is 3.10. The Morgan fingerprint density at radius 3 is 3.05 bits per heavy atom. The zero-order valence-corrected chi connectivity index (χ0v) is 10.8. The normalized spacial score (nSPS) is 22.6. The standard InChI is InChI=1S/C13H13ClN4O/c14-10-3-1-2-9(6-10)11-7-12(17-16-11)13(19)18-5-4-15-8-18/h1-6,8,11-12,16-17H,7H2. The number of nitrogens with one attached hydrogen (secondary N) is 2. The molecule has 19 heavy (non-hydrogen) atoms. The lowest BCUT2D eigenvalue weighted by Crippen LogP contribution is -2.38. The molecule has 0 bridgehead atoms. The number of hydrogen-bond acceptors (Lipinski definition) is 4. The summed E-state index contributed by atoms with van der Waals surface area (Å²) in [6, 6.07) is 7.46. The highest BCUT2D eigenvalue weighted by Gasteiger charge is 2.30. The molecule has 1 fully saturated rings. The van der Waals surface area contributed by atoms with Gasteiger partial charge in [0.25, 0.3) is 0 Å². The van der Waals surface area contributed by atoms with Crippen molar-refractivity contribution < 1.29 is 4.79 Å². The Bertz CT molecular complexity index is 584. The zero-order chi connectivity index (χ0) is 13.2. The molecule has 98 valence electrons. The first-order chi connectivity index (χ1) is 9.24. The van der Waals surface area contributed by atoms with E-state index < -0.39 is 0 Å². The number of carbonyl (C=O) groups is 1. The van der Waals surface area contributed by atoms with Gasteiger partial charge in [0.2, 0.25) is 5.91 Å². The van der Waals surface area contributed by atoms with Crippen LogP contribution in [0.5, 0.6) is 0 Å². The second kappa shape index (κ2) is 5.13. The van der Waals surface area contributed by atoms with Crippen molar-refractivity contribution in [1.82, 2.24) is 20.4 Å². The molecular weight excluding hydrogens is 264 g/mol. The van der Waals surface area contributed by atoms with E-state index in [4.69, 9.17) is 11.6 Å². The van der Waals surface area contributed by atoms with Crippen molar-refractivity contribution in [3.05, 3.63) is 53.6 Å². The van der Waals surface area contributed by atoms with Gasteiger partial charge in [-0.25, -0.2) is 15.8 Å². The van der Waals surface area contributed by atoms with Crippen LogP contribution in [0.1, 0.15) is 22.8 Å². The molecule has 2 aromatic rings. The summed E-state index contributed by atoms with van der Waals surface area (Å²) in [5.41, 5.74) is 7.22. The van der Waals surface area contributed by atoms with Gasteiger partial charge in [0.05, 0.1) is 0 Å². The van der Waals surface area contributed by atoms with Gasteiger partial charge in [-0.2, -0.15) is 0 Å². The van der Waals surface area contributed by atoms with Crippen LogP contribution in [0, 0.1) is 0 Å². The molecule has 1 aromatic heterocycles. The van der Waals surface area contributed by atoms with E-state index in [1.165, 1.54) is 10.9 Å². The van der Waals surface area contributed by atoms with Crippen molar-refractivity contribution in [2.45, 2.75) is 18.5 Å². The minimum Gasteiger partial charge on any atom is -0.275 e. The molecule has 2 atom stereocenters. The van der Waals surface area contributed by atoms with Crippen LogP contribution in [0.25, 0.3) is 0 Å². The first kappa shape index (κ1) is 12.3. The summed E-state index contributed by atoms with van der Waals surface area (Å²) in [7, 11) is 0. The topological polar surface area (TPSA) is 59.0 Å². The summed E-state index contributed by atoms with van der Waals surface area (Å²) in [4.78, 5) is 16.0. The van der Waals surface area contributed by atoms with Crippen LogP contribution < -0.4 is 10.9 Å². The predicted octanol–water partition coefficient (Wildman–Crippen LogP) is 1.78. The van der Waals surface area contributed by atoms with Crippen LogP contribution >= 0.6 is 11.6 Å². The number of aromatic nitrogens is 2. The van der Waals surface area contributed by atoms with E-state index in [-0.39, 0.29) is 18.0 Å². The molecule has 0 aliphatic carbocycles. The van der Waals surface area contributed by atoms with Crippen LogP contribution in [0.2, 0.25) is 5.02 Å². The zero-order valence-electron chi connectivity index (χ0n) is 10.1. The maximum absolute atomic E-state index is 12.1. The SMILES string of the molecule is O=C(C1CC(c2cccc(Cl)c2)NN1)n1ccnc1. The molecule has 5 nitrogen and oxygen atoms in total. The van der Waals surface area contributed by atoms with E-state index in [1.54, 1.807) is 12.4 Å². The van der Waals surface area contributed by atoms with Gasteiger partial charge in [0.1, 0.15) is 12.4 Å². The monoisotopic (exact) mass is 276 g/mol. The number of imidazole rings is 1. The first-order valence-corrected chi connectivity index (χ1v) is 6.40. The van der Waals surface area contributed by atoms with Gasteiger partial charge in [0, 0.05) is 23.5 Å². The molecule has 3 rings (SSSR count). The second-order valence-corrected chi connectivity index (χ2v) is 4.93. The van der Waals surface area contributed by atoms with Gasteiger partial charge in [-0.1, -0.05) is 23.7 Å². The van der Waals surface area contributed by atoms with Gasteiger partial charge < -0.3 is 0 Å². The number of nitrogens with zero attached hydrogens (tertiary/aromatic N) is 2. The largest absolute Gasteiger partial charge is 0.275 e. The van der Waals surface area contributed by atoms with E-state index in [1.807, 2.05) is 24.3 Å². The summed E-state index contributed by atoms with van der Waals surface area (Å²) >= 11 is 5.98. The van der Waals surface area contributed by atoms with Gasteiger partial charge in [-0.3, -0.25) is 9.36 Å². The molecule has 0 saturated carbocycles. The molecule has 1 aliphatic rings. The predicted molar refractivity (Wildman–Crippen MR) is 71.7 cm³/mol. The fourth-order valence-corrected chi connectivity index (χ4v) is 2.43. The summed E-state index contributed by atoms with van der Waals surface area (Å²) in [5.74, 6) is -0.0190. The highest BCUT2D eigenvalue weighted by atomic mass is 35.5. The highest BCUT2D eigenvalue weighted by Crippen LogP contribution is 2.24. The molecule has 2 unspecified atom stereocenters. The number of carbonyl (C=O) groups excluding carboxylic acids is 1. The number of hydrazine groups is 1. The van der Waals surface area contributed by atoms with Gasteiger partial charge in [-0.15, -0.1) is 0 Å². The third kappa shape index (κ3) is 2.53. The van der Waals surface area contributed by atoms with Crippen molar-refractivity contribution >= 4 is 17.5 Å². The van der Waals surface area contributed by atoms with Crippen LogP contribution in [-0.4, -0.2) is 21.5 Å². The average molecular weight is 277 g/mol. The molecule has 2 heterocycles. The van der Waals surface area contributed by atoms with E-state index in [9.17, 15) is 4.79 Å². The minimum absolute atomic E-state index is 0.0190. The molecule has 1 aromatic carbocycles. The Balaban J connectivity index is 1.72. The Kier molecular flexibility index (Phi) is 3.33. The minimum atomic E-state index is -0.266. The summed E-state index contributed by atoms with van der Waals surface area (Å²) in [6.07, 6.45) is 5.43. The lowest BCUT2D eigenvalue weighted by Gasteiger charge is -2.09. The highest BCUT2D eigenvalue weighted by molar-refractivity contribution is 6.30. The quantitative estimate of drug-likeness (QED) is 0.878. The van der Waals surface area contributed by atoms with Crippen molar-refractivity contribution in [2.24, 2.45) is 0 Å². The molecule has 1 aliphatic heterocycles. The van der Waals surface area contributed by atoms with Crippen LogP contribution in [-0.2, 0) is 0 Å². The molecule has 0 radical (unpaired) electrons. The summed E-state index contributed by atoms with van der Waals surface area (Å²) < 4.78 is 1.49. The maximum atomic E-state index is 12.1. The Morgan fingerprint density at radius 1 is 1.42 bits per heavy atom. The fraction of sp³-hybridized carbons (Fsp3) is 0.231. The van der Waals surface area contributed by atoms with Crippen LogP contribution in [0.3, 0.4) is 0 Å². The van der Waals surface area contributed by atoms with Gasteiger partial charge in [-0.05, 0) is 24.1 Å². The Morgan fingerprint density at radius 2 is 2.32 bits per heavy atom. The molecule has 2 N–H and O–H groups in total. The van der Waals surface area contributed by atoms with Crippen molar-refractivity contribution in [2.75, 3.05) is 0 Å². The molecule has 0 spiro atoms. The van der Waals surface area contributed by atoms with E-state index in [0.29, 0.717) is 11.4 Å². The first-order valence-electron chi connectivity index (χ1n) is 6.03. The molecule has 1 saturated heterocycles. The van der Waals surface area contributed by atoms with Crippen molar-refractivity contribution in [3.8, 4) is 0 Å². The summed E-state index contributed by atoms with van der Waals surface area (Å²) in [5, 5.41) is 0.698. The van der Waals surface area contributed by atoms with Gasteiger partial charge >= 0.3 is 0 Å². The van der Waals surface area contributed by atoms with Crippen LogP contribution in [0.4, 0.5) is 0 Å². The summed E-state index contributed by atoms with van der Waals surface area (Å²) in [6.45, 7) is 0. The number of rotatable bonds is 2. The van der Waals surface area contributed by atoms with E-state index in [0.717, 1.165) is 5.56 Å². The number of hydrogen-bond donors (Lipinski definition) is 2. The van der Waals surface area contributed by atoms with Crippen LogP contribution in [0.15, 0.2) is 43.0 Å². The molecular formula is C13H13ClN4O. The third-order valence-corrected chi connectivity index (χ3v) is 3.45. The van der Waals surface area contributed by atoms with E-state index >= 15 is 0 Å². The number of benzene rings is 1. The number of halogens is 1. The third-order valence-electron chi connectivity index (χ3n) is 3.21. The maximum Gasteiger partial charge on any atom is 0.250 e. The molecule has 6 heteroatoms. The van der Waals surface area contributed by atoms with Crippen molar-refractivity contribution in [1.29, 1.82) is 0 Å². The van der Waals surface area contributed by atoms with Crippen molar-refractivity contribution in [3.63, 3.8) is 0 Å². The fourth-order valence-electron chi connectivity index (χ4n) is 2.23.